The SMILES string of the molecule is CC1CCC(C(N)=O)CN1C(=O)c1cc(N)n[nH]1. The number of aromatic nitrogens is 2. The Bertz CT molecular complexity index is 470. The summed E-state index contributed by atoms with van der Waals surface area (Å²) in [6, 6.07) is 1.57. The molecule has 1 fully saturated rings. The molecule has 2 atom stereocenters. The third-order valence-corrected chi connectivity index (χ3v) is 3.37. The summed E-state index contributed by atoms with van der Waals surface area (Å²) in [5.74, 6) is -0.554. The molecule has 2 rings (SSSR count). The standard InChI is InChI=1S/C11H17N5O2/c1-6-2-3-7(10(13)17)5-16(6)11(18)8-4-9(12)15-14-8/h4,6-7H,2-3,5H2,1H3,(H2,13,17)(H3,12,14,15). The summed E-state index contributed by atoms with van der Waals surface area (Å²) in [6.45, 7) is 2.31. The largest absolute Gasteiger partial charge is 0.382 e. The number of H-pyrrole nitrogens is 1. The Labute approximate surface area is 105 Å². The summed E-state index contributed by atoms with van der Waals surface area (Å²) < 4.78 is 0. The Morgan fingerprint density at radius 3 is 2.78 bits per heavy atom. The highest BCUT2D eigenvalue weighted by molar-refractivity contribution is 5.93. The first kappa shape index (κ1) is 12.4. The van der Waals surface area contributed by atoms with Crippen LogP contribution in [0.5, 0.6) is 0 Å². The van der Waals surface area contributed by atoms with Crippen molar-refractivity contribution < 1.29 is 9.59 Å². The number of primary amides is 1. The summed E-state index contributed by atoms with van der Waals surface area (Å²) in [5, 5.41) is 6.31. The lowest BCUT2D eigenvalue weighted by Gasteiger charge is -2.36. The minimum Gasteiger partial charge on any atom is -0.382 e. The van der Waals surface area contributed by atoms with Crippen molar-refractivity contribution in [2.45, 2.75) is 25.8 Å². The van der Waals surface area contributed by atoms with Gasteiger partial charge in [0, 0.05) is 18.7 Å². The molecule has 7 nitrogen and oxygen atoms in total. The molecule has 18 heavy (non-hydrogen) atoms. The average molecular weight is 251 g/mol. The summed E-state index contributed by atoms with van der Waals surface area (Å²) in [6.07, 6.45) is 1.49. The number of amides is 2. The minimum absolute atomic E-state index is 0.0811. The molecule has 2 heterocycles. The van der Waals surface area contributed by atoms with Crippen molar-refractivity contribution >= 4 is 17.6 Å². The first-order valence-corrected chi connectivity index (χ1v) is 5.90. The zero-order valence-corrected chi connectivity index (χ0v) is 10.2. The van der Waals surface area contributed by atoms with Crippen LogP contribution < -0.4 is 11.5 Å². The number of anilines is 1. The van der Waals surface area contributed by atoms with E-state index >= 15 is 0 Å². The van der Waals surface area contributed by atoms with E-state index < -0.39 is 0 Å². The van der Waals surface area contributed by atoms with Gasteiger partial charge in [0.2, 0.25) is 5.91 Å². The van der Waals surface area contributed by atoms with Crippen molar-refractivity contribution in [1.29, 1.82) is 0 Å². The molecule has 2 unspecified atom stereocenters. The number of nitrogen functional groups attached to an aromatic ring is 1. The van der Waals surface area contributed by atoms with Crippen LogP contribution >= 0.6 is 0 Å². The zero-order chi connectivity index (χ0) is 13.3. The lowest BCUT2D eigenvalue weighted by atomic mass is 9.92. The number of piperidine rings is 1. The molecule has 1 aromatic rings. The van der Waals surface area contributed by atoms with E-state index in [-0.39, 0.29) is 29.6 Å². The van der Waals surface area contributed by atoms with Crippen LogP contribution in [0.4, 0.5) is 5.82 Å². The second kappa shape index (κ2) is 4.67. The number of hydrogen-bond donors (Lipinski definition) is 3. The monoisotopic (exact) mass is 251 g/mol. The highest BCUT2D eigenvalue weighted by Crippen LogP contribution is 2.23. The van der Waals surface area contributed by atoms with Crippen LogP contribution in [0.3, 0.4) is 0 Å². The maximum atomic E-state index is 12.2. The maximum Gasteiger partial charge on any atom is 0.272 e. The Morgan fingerprint density at radius 1 is 1.50 bits per heavy atom. The van der Waals surface area contributed by atoms with Crippen molar-refractivity contribution in [2.24, 2.45) is 11.7 Å². The molecule has 1 saturated heterocycles. The van der Waals surface area contributed by atoms with E-state index in [1.54, 1.807) is 4.90 Å². The number of nitrogens with zero attached hydrogens (tertiary/aromatic N) is 2. The van der Waals surface area contributed by atoms with Crippen molar-refractivity contribution in [3.8, 4) is 0 Å². The normalized spacial score (nSPS) is 23.9. The summed E-state index contributed by atoms with van der Waals surface area (Å²) >= 11 is 0. The fraction of sp³-hybridized carbons (Fsp3) is 0.545. The van der Waals surface area contributed by atoms with Crippen molar-refractivity contribution in [2.75, 3.05) is 12.3 Å². The van der Waals surface area contributed by atoms with E-state index in [0.29, 0.717) is 12.2 Å². The molecule has 0 spiro atoms. The van der Waals surface area contributed by atoms with E-state index in [1.165, 1.54) is 6.07 Å². The quantitative estimate of drug-likeness (QED) is 0.669. The molecule has 0 aliphatic carbocycles. The number of rotatable bonds is 2. The van der Waals surface area contributed by atoms with Crippen LogP contribution in [-0.4, -0.2) is 39.5 Å². The first-order chi connectivity index (χ1) is 8.49. The van der Waals surface area contributed by atoms with E-state index in [2.05, 4.69) is 10.2 Å². The van der Waals surface area contributed by atoms with Gasteiger partial charge >= 0.3 is 0 Å². The molecule has 1 aliphatic rings. The predicted molar refractivity (Wildman–Crippen MR) is 65.4 cm³/mol. The molecular formula is C11H17N5O2. The van der Waals surface area contributed by atoms with Crippen LogP contribution in [0, 0.1) is 5.92 Å². The van der Waals surface area contributed by atoms with Gasteiger partial charge in [0.15, 0.2) is 0 Å². The van der Waals surface area contributed by atoms with E-state index in [9.17, 15) is 9.59 Å². The Balaban J connectivity index is 2.15. The van der Waals surface area contributed by atoms with Crippen molar-refractivity contribution in [3.63, 3.8) is 0 Å². The van der Waals surface area contributed by atoms with Crippen molar-refractivity contribution in [3.05, 3.63) is 11.8 Å². The zero-order valence-electron chi connectivity index (χ0n) is 10.2. The summed E-state index contributed by atoms with van der Waals surface area (Å²) in [7, 11) is 0. The highest BCUT2D eigenvalue weighted by atomic mass is 16.2. The minimum atomic E-state index is -0.358. The summed E-state index contributed by atoms with van der Waals surface area (Å²) in [4.78, 5) is 25.1. The van der Waals surface area contributed by atoms with Gasteiger partial charge in [0.25, 0.3) is 5.91 Å². The van der Waals surface area contributed by atoms with Crippen LogP contribution in [0.25, 0.3) is 0 Å². The van der Waals surface area contributed by atoms with Gasteiger partial charge in [0.05, 0.1) is 5.92 Å². The molecule has 7 heteroatoms. The maximum absolute atomic E-state index is 12.2. The van der Waals surface area contributed by atoms with E-state index in [0.717, 1.165) is 12.8 Å². The van der Waals surface area contributed by atoms with Gasteiger partial charge < -0.3 is 16.4 Å². The lowest BCUT2D eigenvalue weighted by molar-refractivity contribution is -0.123. The molecular weight excluding hydrogens is 234 g/mol. The number of aromatic amines is 1. The van der Waals surface area contributed by atoms with Gasteiger partial charge in [0.1, 0.15) is 11.5 Å². The number of carbonyl (C=O) groups is 2. The molecule has 98 valence electrons. The van der Waals surface area contributed by atoms with Gasteiger partial charge in [-0.15, -0.1) is 0 Å². The molecule has 1 aromatic heterocycles. The Morgan fingerprint density at radius 2 is 2.22 bits per heavy atom. The smallest absolute Gasteiger partial charge is 0.272 e. The van der Waals surface area contributed by atoms with Gasteiger partial charge in [-0.1, -0.05) is 0 Å². The molecule has 0 saturated carbocycles. The number of hydrogen-bond acceptors (Lipinski definition) is 4. The molecule has 5 N–H and O–H groups in total. The van der Waals surface area contributed by atoms with Gasteiger partial charge in [-0.25, -0.2) is 0 Å². The number of likely N-dealkylation sites (tertiary alicyclic amines) is 1. The number of nitrogens with one attached hydrogen (secondary N) is 1. The Kier molecular flexibility index (Phi) is 3.22. The van der Waals surface area contributed by atoms with Gasteiger partial charge in [-0.2, -0.15) is 5.10 Å². The van der Waals surface area contributed by atoms with Crippen LogP contribution in [0.2, 0.25) is 0 Å². The fourth-order valence-electron chi connectivity index (χ4n) is 2.22. The highest BCUT2D eigenvalue weighted by Gasteiger charge is 2.32. The van der Waals surface area contributed by atoms with Gasteiger partial charge in [-0.3, -0.25) is 14.7 Å². The Hall–Kier alpha value is -2.05. The molecule has 0 radical (unpaired) electrons. The second-order valence-electron chi connectivity index (χ2n) is 4.69. The van der Waals surface area contributed by atoms with E-state index in [1.807, 2.05) is 6.92 Å². The number of carbonyl (C=O) groups excluding carboxylic acids is 2. The number of nitrogens with two attached hydrogens (primary N) is 2. The predicted octanol–water partition coefficient (Wildman–Crippen LogP) is -0.282. The van der Waals surface area contributed by atoms with Crippen LogP contribution in [0.1, 0.15) is 30.3 Å². The van der Waals surface area contributed by atoms with Crippen LogP contribution in [0.15, 0.2) is 6.07 Å². The second-order valence-corrected chi connectivity index (χ2v) is 4.69. The third-order valence-electron chi connectivity index (χ3n) is 3.37. The molecule has 2 amide bonds. The molecule has 0 aromatic carbocycles. The molecule has 1 aliphatic heterocycles. The van der Waals surface area contributed by atoms with E-state index in [4.69, 9.17) is 11.5 Å². The summed E-state index contributed by atoms with van der Waals surface area (Å²) in [5.41, 5.74) is 11.1. The third kappa shape index (κ3) is 2.29. The fourth-order valence-corrected chi connectivity index (χ4v) is 2.22. The first-order valence-electron chi connectivity index (χ1n) is 5.90. The average Bonchev–Trinajstić information content (AvgIpc) is 2.75. The molecule has 0 bridgehead atoms. The van der Waals surface area contributed by atoms with Crippen LogP contribution in [-0.2, 0) is 4.79 Å². The topological polar surface area (TPSA) is 118 Å². The lowest BCUT2D eigenvalue weighted by Crippen LogP contribution is -2.48. The van der Waals surface area contributed by atoms with Crippen molar-refractivity contribution in [1.82, 2.24) is 15.1 Å². The van der Waals surface area contributed by atoms with Gasteiger partial charge in [-0.05, 0) is 19.8 Å².